The first-order valence-electron chi connectivity index (χ1n) is 8.94. The molecule has 0 aliphatic rings. The smallest absolute Gasteiger partial charge is 0.349 e. The highest BCUT2D eigenvalue weighted by Crippen LogP contribution is 2.35. The molecule has 1 rings (SSSR count). The molecule has 1 amide bonds. The van der Waals surface area contributed by atoms with Gasteiger partial charge < -0.3 is 14.8 Å². The van der Waals surface area contributed by atoms with E-state index in [4.69, 9.17) is 9.47 Å². The summed E-state index contributed by atoms with van der Waals surface area (Å²) in [5, 5.41) is 3.10. The molecular weight excluding hydrogens is 354 g/mol. The van der Waals surface area contributed by atoms with Gasteiger partial charge in [0.05, 0.1) is 12.2 Å². The molecule has 146 valence electrons. The molecule has 1 aromatic rings. The fraction of sp³-hybridized carbons (Fsp3) is 0.632. The molecule has 0 radical (unpaired) electrons. The molecule has 0 aromatic carbocycles. The number of nitrogens with one attached hydrogen (secondary N) is 1. The lowest BCUT2D eigenvalue weighted by Gasteiger charge is -2.19. The number of hydrogen-bond donors (Lipinski definition) is 1. The summed E-state index contributed by atoms with van der Waals surface area (Å²) in [4.78, 5) is 37.2. The first-order chi connectivity index (χ1) is 12.1. The van der Waals surface area contributed by atoms with Crippen molar-refractivity contribution in [2.24, 2.45) is 0 Å². The predicted octanol–water partition coefficient (Wildman–Crippen LogP) is 4.71. The first-order valence-corrected chi connectivity index (χ1v) is 9.76. The Morgan fingerprint density at radius 3 is 2.27 bits per heavy atom. The summed E-state index contributed by atoms with van der Waals surface area (Å²) in [7, 11) is 0. The summed E-state index contributed by atoms with van der Waals surface area (Å²) in [6.45, 7) is 11.0. The van der Waals surface area contributed by atoms with E-state index in [1.165, 1.54) is 0 Å². The molecule has 1 heterocycles. The Bertz CT molecular complexity index is 658. The van der Waals surface area contributed by atoms with Crippen LogP contribution in [0.5, 0.6) is 0 Å². The number of carbonyl (C=O) groups excluding carboxylic acids is 3. The van der Waals surface area contributed by atoms with Gasteiger partial charge in [-0.25, -0.2) is 9.59 Å². The second-order valence-corrected chi connectivity index (χ2v) is 8.01. The Labute approximate surface area is 159 Å². The SMILES string of the molecule is CCCCCC(=O)Nc1sc(C(=O)OC(C)(C)C)c(C)c1C(=O)OCC. The van der Waals surface area contributed by atoms with Crippen LogP contribution in [0.2, 0.25) is 0 Å². The van der Waals surface area contributed by atoms with Gasteiger partial charge in [0, 0.05) is 6.42 Å². The number of amides is 1. The van der Waals surface area contributed by atoms with Crippen molar-refractivity contribution in [2.45, 2.75) is 72.8 Å². The van der Waals surface area contributed by atoms with Crippen molar-refractivity contribution in [1.82, 2.24) is 0 Å². The van der Waals surface area contributed by atoms with Gasteiger partial charge in [0.2, 0.25) is 5.91 Å². The van der Waals surface area contributed by atoms with E-state index < -0.39 is 17.5 Å². The Kier molecular flexibility index (Phi) is 8.27. The summed E-state index contributed by atoms with van der Waals surface area (Å²) >= 11 is 1.05. The van der Waals surface area contributed by atoms with E-state index in [-0.39, 0.29) is 18.1 Å². The van der Waals surface area contributed by atoms with E-state index in [1.807, 2.05) is 0 Å². The van der Waals surface area contributed by atoms with Crippen LogP contribution in [0.3, 0.4) is 0 Å². The summed E-state index contributed by atoms with van der Waals surface area (Å²) in [6.07, 6.45) is 3.13. The molecular formula is C19H29NO5S. The molecule has 0 bridgehead atoms. The summed E-state index contributed by atoms with van der Waals surface area (Å²) in [5.74, 6) is -1.25. The molecule has 0 saturated heterocycles. The van der Waals surface area contributed by atoms with Gasteiger partial charge in [-0.05, 0) is 46.6 Å². The average molecular weight is 384 g/mol. The third kappa shape index (κ3) is 6.44. The van der Waals surface area contributed by atoms with Crippen molar-refractivity contribution < 1.29 is 23.9 Å². The second kappa shape index (κ2) is 9.71. The molecule has 7 heteroatoms. The minimum absolute atomic E-state index is 0.180. The number of rotatable bonds is 8. The maximum atomic E-state index is 12.4. The summed E-state index contributed by atoms with van der Waals surface area (Å²) in [5.41, 5.74) is 0.0364. The monoisotopic (exact) mass is 383 g/mol. The van der Waals surface area contributed by atoms with Gasteiger partial charge in [-0.2, -0.15) is 0 Å². The normalized spacial score (nSPS) is 11.2. The van der Waals surface area contributed by atoms with Gasteiger partial charge in [0.25, 0.3) is 0 Å². The topological polar surface area (TPSA) is 81.7 Å². The highest BCUT2D eigenvalue weighted by Gasteiger charge is 2.29. The molecule has 0 spiro atoms. The maximum Gasteiger partial charge on any atom is 0.349 e. The summed E-state index contributed by atoms with van der Waals surface area (Å²) in [6, 6.07) is 0. The highest BCUT2D eigenvalue weighted by atomic mass is 32.1. The second-order valence-electron chi connectivity index (χ2n) is 6.99. The van der Waals surface area contributed by atoms with Crippen LogP contribution in [0.4, 0.5) is 5.00 Å². The van der Waals surface area contributed by atoms with Gasteiger partial charge >= 0.3 is 11.9 Å². The van der Waals surface area contributed by atoms with Crippen molar-refractivity contribution in [3.05, 3.63) is 16.0 Å². The molecule has 0 atom stereocenters. The number of carbonyl (C=O) groups is 3. The van der Waals surface area contributed by atoms with Crippen molar-refractivity contribution in [3.8, 4) is 0 Å². The lowest BCUT2D eigenvalue weighted by molar-refractivity contribution is -0.116. The fourth-order valence-corrected chi connectivity index (χ4v) is 3.38. The van der Waals surface area contributed by atoms with Crippen LogP contribution in [0, 0.1) is 6.92 Å². The molecule has 1 aromatic heterocycles. The predicted molar refractivity (Wildman–Crippen MR) is 103 cm³/mol. The van der Waals surface area contributed by atoms with Crippen molar-refractivity contribution in [2.75, 3.05) is 11.9 Å². The van der Waals surface area contributed by atoms with Gasteiger partial charge in [0.15, 0.2) is 0 Å². The Hall–Kier alpha value is -1.89. The number of ether oxygens (including phenoxy) is 2. The van der Waals surface area contributed by atoms with Crippen molar-refractivity contribution >= 4 is 34.2 Å². The number of hydrogen-bond acceptors (Lipinski definition) is 6. The van der Waals surface area contributed by atoms with Crippen molar-refractivity contribution in [1.29, 1.82) is 0 Å². The third-order valence-electron chi connectivity index (χ3n) is 3.47. The van der Waals surface area contributed by atoms with Gasteiger partial charge in [-0.3, -0.25) is 4.79 Å². The minimum Gasteiger partial charge on any atom is -0.462 e. The van der Waals surface area contributed by atoms with E-state index in [9.17, 15) is 14.4 Å². The zero-order valence-electron chi connectivity index (χ0n) is 16.5. The van der Waals surface area contributed by atoms with E-state index in [0.29, 0.717) is 21.9 Å². The van der Waals surface area contributed by atoms with E-state index in [1.54, 1.807) is 34.6 Å². The van der Waals surface area contributed by atoms with Gasteiger partial charge in [0.1, 0.15) is 15.5 Å². The van der Waals surface area contributed by atoms with E-state index >= 15 is 0 Å². The van der Waals surface area contributed by atoms with Gasteiger partial charge in [-0.15, -0.1) is 11.3 Å². The van der Waals surface area contributed by atoms with Crippen LogP contribution in [0.15, 0.2) is 0 Å². The molecule has 0 unspecified atom stereocenters. The van der Waals surface area contributed by atoms with Crippen LogP contribution in [0.25, 0.3) is 0 Å². The molecule has 0 aliphatic carbocycles. The number of esters is 2. The number of unbranched alkanes of at least 4 members (excludes halogenated alkanes) is 2. The molecule has 6 nitrogen and oxygen atoms in total. The Morgan fingerprint density at radius 1 is 1.08 bits per heavy atom. The van der Waals surface area contributed by atoms with Crippen LogP contribution in [-0.4, -0.2) is 30.1 Å². The Morgan fingerprint density at radius 2 is 1.73 bits per heavy atom. The zero-order valence-corrected chi connectivity index (χ0v) is 17.3. The molecule has 0 saturated carbocycles. The largest absolute Gasteiger partial charge is 0.462 e. The van der Waals surface area contributed by atoms with Gasteiger partial charge in [-0.1, -0.05) is 19.8 Å². The third-order valence-corrected chi connectivity index (χ3v) is 4.66. The summed E-state index contributed by atoms with van der Waals surface area (Å²) < 4.78 is 10.5. The number of anilines is 1. The maximum absolute atomic E-state index is 12.4. The minimum atomic E-state index is -0.652. The number of thiophene rings is 1. The Balaban J connectivity index is 3.13. The van der Waals surface area contributed by atoms with Crippen LogP contribution in [0.1, 0.15) is 85.9 Å². The van der Waals surface area contributed by atoms with E-state index in [2.05, 4.69) is 12.2 Å². The lowest BCUT2D eigenvalue weighted by Crippen LogP contribution is -2.23. The standard InChI is InChI=1S/C19H29NO5S/c1-7-9-10-11-13(21)20-16-14(17(22)24-8-2)12(3)15(26-16)18(23)25-19(4,5)6/h7-11H2,1-6H3,(H,20,21). The molecule has 26 heavy (non-hydrogen) atoms. The van der Waals surface area contributed by atoms with E-state index in [0.717, 1.165) is 30.6 Å². The molecule has 1 N–H and O–H groups in total. The fourth-order valence-electron chi connectivity index (χ4n) is 2.29. The lowest BCUT2D eigenvalue weighted by atomic mass is 10.1. The van der Waals surface area contributed by atoms with Crippen LogP contribution in [-0.2, 0) is 14.3 Å². The highest BCUT2D eigenvalue weighted by molar-refractivity contribution is 7.18. The zero-order chi connectivity index (χ0) is 19.9. The van der Waals surface area contributed by atoms with Crippen molar-refractivity contribution in [3.63, 3.8) is 0 Å². The molecule has 0 fully saturated rings. The van der Waals surface area contributed by atoms with Crippen LogP contribution >= 0.6 is 11.3 Å². The average Bonchev–Trinajstić information content (AvgIpc) is 2.82. The quantitative estimate of drug-likeness (QED) is 0.519. The molecule has 0 aliphatic heterocycles. The van der Waals surface area contributed by atoms with Crippen LogP contribution < -0.4 is 5.32 Å². The first kappa shape index (κ1) is 22.2.